The average molecular weight is 663 g/mol. The van der Waals surface area contributed by atoms with E-state index < -0.39 is 35.2 Å². The molecule has 9 heteroatoms. The van der Waals surface area contributed by atoms with Crippen molar-refractivity contribution in [3.63, 3.8) is 0 Å². The molecular weight excluding hydrogens is 629 g/mol. The summed E-state index contributed by atoms with van der Waals surface area (Å²) in [5.74, 6) is -1.88. The summed E-state index contributed by atoms with van der Waals surface area (Å²) in [4.78, 5) is 54.9. The highest BCUT2D eigenvalue weighted by Crippen LogP contribution is 2.50. The number of anilines is 1. The van der Waals surface area contributed by atoms with Gasteiger partial charge < -0.3 is 0 Å². The van der Waals surface area contributed by atoms with Crippen LogP contribution in [0.2, 0.25) is 0 Å². The second kappa shape index (κ2) is 10.2. The number of halogens is 3. The molecule has 49 heavy (non-hydrogen) atoms. The quantitative estimate of drug-likeness (QED) is 0.209. The maximum atomic E-state index is 15.1. The van der Waals surface area contributed by atoms with Gasteiger partial charge in [0.15, 0.2) is 0 Å². The van der Waals surface area contributed by atoms with E-state index in [4.69, 9.17) is 0 Å². The third-order valence-corrected chi connectivity index (χ3v) is 11.5. The van der Waals surface area contributed by atoms with Crippen molar-refractivity contribution < 1.29 is 32.3 Å². The minimum absolute atomic E-state index is 0.0309. The van der Waals surface area contributed by atoms with Crippen LogP contribution in [0.4, 0.5) is 18.9 Å². The summed E-state index contributed by atoms with van der Waals surface area (Å²) in [7, 11) is 1.28. The Morgan fingerprint density at radius 3 is 1.67 bits per heavy atom. The van der Waals surface area contributed by atoms with Gasteiger partial charge in [-0.25, -0.2) is 4.90 Å². The van der Waals surface area contributed by atoms with Gasteiger partial charge in [-0.3, -0.25) is 24.1 Å². The van der Waals surface area contributed by atoms with Gasteiger partial charge in [-0.05, 0) is 139 Å². The first-order chi connectivity index (χ1) is 23.1. The summed E-state index contributed by atoms with van der Waals surface area (Å²) in [5, 5.41) is 0. The van der Waals surface area contributed by atoms with E-state index in [1.54, 1.807) is 0 Å². The molecule has 4 aliphatic rings. The second-order valence-corrected chi connectivity index (χ2v) is 14.3. The smallest absolute Gasteiger partial charge is 0.277 e. The van der Waals surface area contributed by atoms with Gasteiger partial charge >= 0.3 is 6.18 Å². The molecule has 2 bridgehead atoms. The highest BCUT2D eigenvalue weighted by Gasteiger charge is 2.55. The predicted octanol–water partition coefficient (Wildman–Crippen LogP) is 7.88. The van der Waals surface area contributed by atoms with Crippen LogP contribution in [0.1, 0.15) is 117 Å². The number of aryl methyl sites for hydroxylation is 3. The van der Waals surface area contributed by atoms with Crippen molar-refractivity contribution in [2.45, 2.75) is 70.4 Å². The van der Waals surface area contributed by atoms with Crippen molar-refractivity contribution in [3.05, 3.63) is 133 Å². The number of benzene rings is 4. The number of carbonyl (C=O) groups excluding carboxylic acids is 4. The molecule has 2 aliphatic heterocycles. The Bertz CT molecular complexity index is 2220. The van der Waals surface area contributed by atoms with Crippen molar-refractivity contribution in [1.29, 1.82) is 0 Å². The molecule has 0 aromatic heterocycles. The van der Waals surface area contributed by atoms with Crippen LogP contribution >= 0.6 is 0 Å². The van der Waals surface area contributed by atoms with Gasteiger partial charge in [-0.1, -0.05) is 30.3 Å². The molecule has 0 radical (unpaired) electrons. The first kappa shape index (κ1) is 31.2. The van der Waals surface area contributed by atoms with Crippen molar-refractivity contribution in [2.75, 3.05) is 11.9 Å². The van der Waals surface area contributed by atoms with Crippen LogP contribution in [0.15, 0.2) is 60.7 Å². The fourth-order valence-electron chi connectivity index (χ4n) is 8.47. The van der Waals surface area contributed by atoms with E-state index in [0.717, 1.165) is 59.2 Å². The van der Waals surface area contributed by atoms with Gasteiger partial charge in [0.2, 0.25) is 0 Å². The van der Waals surface area contributed by atoms with Crippen molar-refractivity contribution in [2.24, 2.45) is 0 Å². The normalized spacial score (nSPS) is 20.7. The Balaban J connectivity index is 1.17. The lowest BCUT2D eigenvalue weighted by Gasteiger charge is -2.39. The molecule has 2 aliphatic carbocycles. The van der Waals surface area contributed by atoms with Gasteiger partial charge in [0, 0.05) is 7.05 Å². The molecule has 8 rings (SSSR count). The predicted molar refractivity (Wildman–Crippen MR) is 178 cm³/mol. The van der Waals surface area contributed by atoms with Crippen molar-refractivity contribution >= 4 is 29.3 Å². The zero-order chi connectivity index (χ0) is 34.9. The molecule has 0 saturated carbocycles. The molecule has 0 saturated heterocycles. The summed E-state index contributed by atoms with van der Waals surface area (Å²) in [6, 6.07) is 15.8. The molecule has 4 amide bonds. The molecule has 4 aromatic carbocycles. The SMILES string of the molecule is Cc1cc2c(cc1C)C1Cc3cc(N4C(=O)c5ccc(C(C)(c6ccc7c(c6)C(=O)N(C)C7=O)C(F)(F)F)cc5C4=O)c(C)cc3C(C2)C1. The largest absolute Gasteiger partial charge is 0.402 e. The monoisotopic (exact) mass is 662 g/mol. The standard InChI is InChI=1S/C40H33F3N2O4/c1-19-10-22-13-23-14-24(30(22)11-20(19)2)15-25-16-34(21(3)12-31(23)25)45-37(48)29-9-7-27(18-33(29)38(45)49)39(4,40(41,42)43)26-6-8-28-32(17-26)36(47)44(5)35(28)46/h6-12,16-18,23-24H,13-15H2,1-5H3. The summed E-state index contributed by atoms with van der Waals surface area (Å²) in [5.41, 5.74) is 5.44. The fourth-order valence-corrected chi connectivity index (χ4v) is 8.47. The number of alkyl halides is 3. The van der Waals surface area contributed by atoms with E-state index >= 15 is 13.2 Å². The van der Waals surface area contributed by atoms with E-state index in [2.05, 4.69) is 32.0 Å². The third kappa shape index (κ3) is 4.26. The van der Waals surface area contributed by atoms with E-state index in [9.17, 15) is 19.2 Å². The van der Waals surface area contributed by atoms with E-state index in [1.165, 1.54) is 59.1 Å². The Morgan fingerprint density at radius 1 is 0.612 bits per heavy atom. The van der Waals surface area contributed by atoms with Crippen molar-refractivity contribution in [3.8, 4) is 0 Å². The summed E-state index contributed by atoms with van der Waals surface area (Å²) >= 11 is 0. The summed E-state index contributed by atoms with van der Waals surface area (Å²) in [6.07, 6.45) is -2.11. The Labute approximate surface area is 281 Å². The van der Waals surface area contributed by atoms with Crippen LogP contribution in [0.5, 0.6) is 0 Å². The zero-order valence-corrected chi connectivity index (χ0v) is 27.7. The number of carbonyl (C=O) groups is 4. The van der Waals surface area contributed by atoms with Crippen LogP contribution in [0.25, 0.3) is 0 Å². The van der Waals surface area contributed by atoms with Crippen LogP contribution in [-0.2, 0) is 18.3 Å². The minimum Gasteiger partial charge on any atom is -0.277 e. The minimum atomic E-state index is -4.86. The maximum Gasteiger partial charge on any atom is 0.402 e. The molecule has 3 unspecified atom stereocenters. The summed E-state index contributed by atoms with van der Waals surface area (Å²) in [6.45, 7) is 7.10. The molecular formula is C40H33F3N2O4. The highest BCUT2D eigenvalue weighted by atomic mass is 19.4. The van der Waals surface area contributed by atoms with Gasteiger partial charge in [0.05, 0.1) is 27.9 Å². The number of imide groups is 2. The Hall–Kier alpha value is -5.05. The molecule has 0 N–H and O–H groups in total. The number of rotatable bonds is 3. The van der Waals surface area contributed by atoms with E-state index in [0.29, 0.717) is 17.5 Å². The van der Waals surface area contributed by atoms with Crippen LogP contribution in [0, 0.1) is 20.8 Å². The zero-order valence-electron chi connectivity index (χ0n) is 27.7. The number of hydrogen-bond acceptors (Lipinski definition) is 4. The van der Waals surface area contributed by atoms with E-state index in [-0.39, 0.29) is 33.4 Å². The molecule has 0 fully saturated rings. The first-order valence-corrected chi connectivity index (χ1v) is 16.4. The number of fused-ring (bicyclic) bond motifs is 8. The van der Waals surface area contributed by atoms with Crippen LogP contribution in [0.3, 0.4) is 0 Å². The van der Waals surface area contributed by atoms with Gasteiger partial charge in [0.1, 0.15) is 5.41 Å². The lowest BCUT2D eigenvalue weighted by atomic mass is 9.66. The number of nitrogens with zero attached hydrogens (tertiary/aromatic N) is 2. The van der Waals surface area contributed by atoms with Gasteiger partial charge in [-0.2, -0.15) is 13.2 Å². The van der Waals surface area contributed by atoms with Crippen LogP contribution < -0.4 is 4.90 Å². The van der Waals surface area contributed by atoms with Crippen molar-refractivity contribution in [1.82, 2.24) is 4.90 Å². The van der Waals surface area contributed by atoms with Crippen LogP contribution in [-0.4, -0.2) is 41.8 Å². The molecule has 0 spiro atoms. The second-order valence-electron chi connectivity index (χ2n) is 14.3. The Kier molecular flexibility index (Phi) is 6.52. The lowest BCUT2D eigenvalue weighted by Crippen LogP contribution is -2.41. The maximum absolute atomic E-state index is 15.1. The number of amides is 4. The fraction of sp³-hybridized carbons (Fsp3) is 0.300. The summed E-state index contributed by atoms with van der Waals surface area (Å²) < 4.78 is 45.2. The molecule has 2 heterocycles. The molecule has 6 nitrogen and oxygen atoms in total. The highest BCUT2D eigenvalue weighted by molar-refractivity contribution is 6.34. The van der Waals surface area contributed by atoms with E-state index in [1.807, 2.05) is 13.0 Å². The lowest BCUT2D eigenvalue weighted by molar-refractivity contribution is -0.173. The molecule has 248 valence electrons. The average Bonchev–Trinajstić information content (AvgIpc) is 3.44. The molecule has 3 atom stereocenters. The molecule has 4 aromatic rings. The number of hydrogen-bond donors (Lipinski definition) is 0. The van der Waals surface area contributed by atoms with Gasteiger partial charge in [-0.15, -0.1) is 0 Å². The third-order valence-electron chi connectivity index (χ3n) is 11.5. The van der Waals surface area contributed by atoms with Gasteiger partial charge in [0.25, 0.3) is 23.6 Å². The topological polar surface area (TPSA) is 74.8 Å². The Morgan fingerprint density at radius 2 is 1.08 bits per heavy atom. The first-order valence-electron chi connectivity index (χ1n) is 16.4.